The molecule has 0 spiro atoms. The van der Waals surface area contributed by atoms with Gasteiger partial charge in [0.1, 0.15) is 0 Å². The zero-order valence-corrected chi connectivity index (χ0v) is 12.0. The molecule has 0 fully saturated rings. The Labute approximate surface area is 123 Å². The average molecular weight is 288 g/mol. The molecule has 0 saturated carbocycles. The van der Waals surface area contributed by atoms with E-state index < -0.39 is 0 Å². The van der Waals surface area contributed by atoms with Gasteiger partial charge in [-0.3, -0.25) is 0 Å². The summed E-state index contributed by atoms with van der Waals surface area (Å²) >= 11 is 0. The molecule has 0 saturated heterocycles. The van der Waals surface area contributed by atoms with Crippen molar-refractivity contribution in [3.8, 4) is 5.69 Å². The molecule has 6 heteroatoms. The number of aliphatic hydroxyl groups excluding tert-OH is 1. The van der Waals surface area contributed by atoms with E-state index in [9.17, 15) is 4.79 Å². The number of urea groups is 1. The van der Waals surface area contributed by atoms with Gasteiger partial charge in [0.15, 0.2) is 0 Å². The summed E-state index contributed by atoms with van der Waals surface area (Å²) in [6, 6.07) is 8.96. The number of benzene rings is 1. The quantitative estimate of drug-likeness (QED) is 0.762. The van der Waals surface area contributed by atoms with Crippen LogP contribution in [-0.2, 0) is 0 Å². The second kappa shape index (κ2) is 7.44. The molecule has 1 atom stereocenters. The molecule has 3 N–H and O–H groups in total. The van der Waals surface area contributed by atoms with E-state index >= 15 is 0 Å². The Hall–Kier alpha value is -2.34. The molecule has 0 aliphatic rings. The minimum atomic E-state index is -0.282. The van der Waals surface area contributed by atoms with Crippen LogP contribution in [0.25, 0.3) is 5.69 Å². The first-order valence-corrected chi connectivity index (χ1v) is 7.02. The molecule has 0 bridgehead atoms. The van der Waals surface area contributed by atoms with Crippen molar-refractivity contribution in [2.45, 2.75) is 25.8 Å². The van der Waals surface area contributed by atoms with E-state index in [1.54, 1.807) is 10.9 Å². The molecule has 1 unspecified atom stereocenters. The monoisotopic (exact) mass is 288 g/mol. The van der Waals surface area contributed by atoms with Crippen molar-refractivity contribution < 1.29 is 9.90 Å². The van der Waals surface area contributed by atoms with Gasteiger partial charge < -0.3 is 15.7 Å². The Kier molecular flexibility index (Phi) is 5.34. The van der Waals surface area contributed by atoms with Crippen LogP contribution in [0.5, 0.6) is 0 Å². The van der Waals surface area contributed by atoms with Gasteiger partial charge in [-0.05, 0) is 31.0 Å². The molecule has 0 radical (unpaired) electrons. The second-order valence-corrected chi connectivity index (χ2v) is 4.68. The Morgan fingerprint density at radius 3 is 2.86 bits per heavy atom. The van der Waals surface area contributed by atoms with Crippen molar-refractivity contribution >= 4 is 11.7 Å². The lowest BCUT2D eigenvalue weighted by Crippen LogP contribution is -2.38. The summed E-state index contributed by atoms with van der Waals surface area (Å²) in [5.41, 5.74) is 1.48. The number of anilines is 1. The number of para-hydroxylation sites is 2. The molecular weight excluding hydrogens is 268 g/mol. The van der Waals surface area contributed by atoms with Gasteiger partial charge in [0.2, 0.25) is 0 Å². The molecule has 2 amide bonds. The van der Waals surface area contributed by atoms with E-state index in [2.05, 4.69) is 15.7 Å². The summed E-state index contributed by atoms with van der Waals surface area (Å²) < 4.78 is 1.70. The van der Waals surface area contributed by atoms with E-state index in [1.807, 2.05) is 43.5 Å². The van der Waals surface area contributed by atoms with E-state index in [0.717, 1.165) is 12.1 Å². The minimum absolute atomic E-state index is 0.0353. The fourth-order valence-electron chi connectivity index (χ4n) is 2.07. The average Bonchev–Trinajstić information content (AvgIpc) is 3.01. The summed E-state index contributed by atoms with van der Waals surface area (Å²) in [7, 11) is 0. The lowest BCUT2D eigenvalue weighted by molar-refractivity contribution is 0.237. The van der Waals surface area contributed by atoms with Crippen LogP contribution in [0.2, 0.25) is 0 Å². The third kappa shape index (κ3) is 4.06. The SMILES string of the molecule is CCC(CCO)NC(=O)Nc1ccccc1-n1cccn1. The standard InChI is InChI=1S/C15H20N4O2/c1-2-12(8-11-20)17-15(21)18-13-6-3-4-7-14(13)19-10-5-9-16-19/h3-7,9-10,12,20H,2,8,11H2,1H3,(H2,17,18,21). The van der Waals surface area contributed by atoms with Gasteiger partial charge in [0, 0.05) is 25.0 Å². The maximum absolute atomic E-state index is 12.0. The Balaban J connectivity index is 2.08. The predicted octanol–water partition coefficient (Wildman–Crippen LogP) is 2.15. The van der Waals surface area contributed by atoms with Crippen LogP contribution in [0.3, 0.4) is 0 Å². The molecule has 6 nitrogen and oxygen atoms in total. The number of nitrogens with zero attached hydrogens (tertiary/aromatic N) is 2. The van der Waals surface area contributed by atoms with Crippen molar-refractivity contribution in [2.24, 2.45) is 0 Å². The smallest absolute Gasteiger partial charge is 0.319 e. The number of hydrogen-bond acceptors (Lipinski definition) is 3. The third-order valence-corrected chi connectivity index (χ3v) is 3.21. The molecule has 1 aromatic carbocycles. The van der Waals surface area contributed by atoms with E-state index in [4.69, 9.17) is 5.11 Å². The Bertz CT molecular complexity index is 569. The van der Waals surface area contributed by atoms with Gasteiger partial charge >= 0.3 is 6.03 Å². The van der Waals surface area contributed by atoms with E-state index in [0.29, 0.717) is 12.1 Å². The normalized spacial score (nSPS) is 11.9. The van der Waals surface area contributed by atoms with Crippen LogP contribution in [-0.4, -0.2) is 33.6 Å². The van der Waals surface area contributed by atoms with E-state index in [-0.39, 0.29) is 18.7 Å². The van der Waals surface area contributed by atoms with Crippen LogP contribution in [0.1, 0.15) is 19.8 Å². The highest BCUT2D eigenvalue weighted by atomic mass is 16.3. The van der Waals surface area contributed by atoms with Gasteiger partial charge in [-0.2, -0.15) is 5.10 Å². The number of amides is 2. The highest BCUT2D eigenvalue weighted by Gasteiger charge is 2.12. The second-order valence-electron chi connectivity index (χ2n) is 4.68. The summed E-state index contributed by atoms with van der Waals surface area (Å²) in [6.45, 7) is 2.03. The molecule has 0 aliphatic heterocycles. The maximum Gasteiger partial charge on any atom is 0.319 e. The zero-order valence-electron chi connectivity index (χ0n) is 12.0. The maximum atomic E-state index is 12.0. The van der Waals surface area contributed by atoms with Crippen LogP contribution >= 0.6 is 0 Å². The molecule has 112 valence electrons. The number of aliphatic hydroxyl groups is 1. The van der Waals surface area contributed by atoms with Crippen molar-refractivity contribution in [1.82, 2.24) is 15.1 Å². The molecule has 1 heterocycles. The number of nitrogens with one attached hydrogen (secondary N) is 2. The fraction of sp³-hybridized carbons (Fsp3) is 0.333. The first kappa shape index (κ1) is 15.1. The number of hydrogen-bond donors (Lipinski definition) is 3. The molecule has 2 aromatic rings. The van der Waals surface area contributed by atoms with Crippen LogP contribution in [0.4, 0.5) is 10.5 Å². The van der Waals surface area contributed by atoms with Crippen molar-refractivity contribution in [1.29, 1.82) is 0 Å². The highest BCUT2D eigenvalue weighted by molar-refractivity contribution is 5.91. The molecule has 21 heavy (non-hydrogen) atoms. The van der Waals surface area contributed by atoms with Crippen LogP contribution in [0.15, 0.2) is 42.7 Å². The molecule has 0 aliphatic carbocycles. The predicted molar refractivity (Wildman–Crippen MR) is 81.5 cm³/mol. The van der Waals surface area contributed by atoms with Gasteiger partial charge in [-0.25, -0.2) is 9.48 Å². The lowest BCUT2D eigenvalue weighted by Gasteiger charge is -2.17. The number of carbonyl (C=O) groups excluding carboxylic acids is 1. The first-order valence-electron chi connectivity index (χ1n) is 7.02. The zero-order chi connectivity index (χ0) is 15.1. The van der Waals surface area contributed by atoms with Gasteiger partial charge in [0.25, 0.3) is 0 Å². The number of rotatable bonds is 6. The van der Waals surface area contributed by atoms with Gasteiger partial charge in [-0.1, -0.05) is 19.1 Å². The van der Waals surface area contributed by atoms with Crippen molar-refractivity contribution in [2.75, 3.05) is 11.9 Å². The minimum Gasteiger partial charge on any atom is -0.396 e. The summed E-state index contributed by atoms with van der Waals surface area (Å²) in [6.07, 6.45) is 4.82. The highest BCUT2D eigenvalue weighted by Crippen LogP contribution is 2.18. The fourth-order valence-corrected chi connectivity index (χ4v) is 2.07. The van der Waals surface area contributed by atoms with Crippen LogP contribution in [0, 0.1) is 0 Å². The van der Waals surface area contributed by atoms with Crippen LogP contribution < -0.4 is 10.6 Å². The lowest BCUT2D eigenvalue weighted by atomic mass is 10.1. The largest absolute Gasteiger partial charge is 0.396 e. The van der Waals surface area contributed by atoms with Crippen molar-refractivity contribution in [3.05, 3.63) is 42.7 Å². The number of aromatic nitrogens is 2. The molecular formula is C15H20N4O2. The molecule has 2 rings (SSSR count). The molecule has 1 aromatic heterocycles. The Morgan fingerprint density at radius 2 is 2.19 bits per heavy atom. The first-order chi connectivity index (χ1) is 10.2. The topological polar surface area (TPSA) is 79.2 Å². The van der Waals surface area contributed by atoms with Gasteiger partial charge in [-0.15, -0.1) is 0 Å². The Morgan fingerprint density at radius 1 is 1.38 bits per heavy atom. The van der Waals surface area contributed by atoms with Gasteiger partial charge in [0.05, 0.1) is 11.4 Å². The van der Waals surface area contributed by atoms with E-state index in [1.165, 1.54) is 0 Å². The summed E-state index contributed by atoms with van der Waals surface area (Å²) in [5.74, 6) is 0. The number of carbonyl (C=O) groups is 1. The van der Waals surface area contributed by atoms with Crippen molar-refractivity contribution in [3.63, 3.8) is 0 Å². The summed E-state index contributed by atoms with van der Waals surface area (Å²) in [4.78, 5) is 12.0. The summed E-state index contributed by atoms with van der Waals surface area (Å²) in [5, 5.41) is 18.8. The third-order valence-electron chi connectivity index (χ3n) is 3.21.